The van der Waals surface area contributed by atoms with Crippen LogP contribution in [0.3, 0.4) is 0 Å². The first-order valence-electron chi connectivity index (χ1n) is 9.87. The van der Waals surface area contributed by atoms with Crippen LogP contribution in [0.4, 0.5) is 11.4 Å². The highest BCUT2D eigenvalue weighted by Crippen LogP contribution is 2.24. The first-order valence-corrected chi connectivity index (χ1v) is 9.87. The molecule has 6 nitrogen and oxygen atoms in total. The van der Waals surface area contributed by atoms with Gasteiger partial charge in [-0.15, -0.1) is 0 Å². The van der Waals surface area contributed by atoms with Crippen molar-refractivity contribution in [3.05, 3.63) is 95.3 Å². The number of aromatic nitrogens is 2. The lowest BCUT2D eigenvalue weighted by Crippen LogP contribution is -2.15. The number of nitrogens with one attached hydrogen (secondary N) is 2. The lowest BCUT2D eigenvalue weighted by atomic mass is 10.0. The Morgan fingerprint density at radius 3 is 2.32 bits per heavy atom. The van der Waals surface area contributed by atoms with Gasteiger partial charge in [-0.05, 0) is 44.2 Å². The normalized spacial score (nSPS) is 11.8. The molecular weight excluding hydrogens is 388 g/mol. The molecule has 154 valence electrons. The first-order chi connectivity index (χ1) is 14.9. The van der Waals surface area contributed by atoms with E-state index in [1.165, 1.54) is 0 Å². The second-order valence-corrected chi connectivity index (χ2v) is 7.30. The summed E-state index contributed by atoms with van der Waals surface area (Å²) in [6.45, 7) is 3.58. The molecule has 0 atom stereocenters. The maximum absolute atomic E-state index is 12.8. The van der Waals surface area contributed by atoms with Gasteiger partial charge in [-0.2, -0.15) is 0 Å². The van der Waals surface area contributed by atoms with Crippen molar-refractivity contribution in [3.63, 3.8) is 0 Å². The van der Waals surface area contributed by atoms with Crippen LogP contribution in [0.15, 0.2) is 78.4 Å². The molecule has 0 unspecified atom stereocenters. The number of allylic oxidation sites excluding steroid dienone is 1. The van der Waals surface area contributed by atoms with E-state index in [1.807, 2.05) is 49.4 Å². The van der Waals surface area contributed by atoms with E-state index < -0.39 is 0 Å². The standard InChI is InChI=1S/C25H22N4O2/c1-15(24-27-21-10-6-7-11-22(21)28-24)16(2)25(31)29-20-13-12-18(14-19(20)26)23(30)17-8-4-3-5-9-17/h3-14H,26H2,1-2H3,(H,27,28)(H,29,31). The molecule has 0 spiro atoms. The average Bonchev–Trinajstić information content (AvgIpc) is 3.23. The Morgan fingerprint density at radius 2 is 1.61 bits per heavy atom. The smallest absolute Gasteiger partial charge is 0.251 e. The Bertz CT molecular complexity index is 1290. The van der Waals surface area contributed by atoms with Crippen molar-refractivity contribution in [2.45, 2.75) is 13.8 Å². The number of para-hydroxylation sites is 2. The predicted molar refractivity (Wildman–Crippen MR) is 124 cm³/mol. The molecule has 0 saturated carbocycles. The van der Waals surface area contributed by atoms with E-state index in [-0.39, 0.29) is 11.7 Å². The third-order valence-corrected chi connectivity index (χ3v) is 5.25. The molecule has 4 N–H and O–H groups in total. The fraction of sp³-hybridized carbons (Fsp3) is 0.0800. The fourth-order valence-electron chi connectivity index (χ4n) is 3.27. The number of carbonyl (C=O) groups is 2. The molecule has 0 fully saturated rings. The van der Waals surface area contributed by atoms with Crippen LogP contribution in [-0.4, -0.2) is 21.7 Å². The number of aromatic amines is 1. The van der Waals surface area contributed by atoms with Gasteiger partial charge in [0.05, 0.1) is 22.4 Å². The van der Waals surface area contributed by atoms with Crippen molar-refractivity contribution in [2.24, 2.45) is 0 Å². The Balaban J connectivity index is 1.55. The topological polar surface area (TPSA) is 101 Å². The van der Waals surface area contributed by atoms with Crippen molar-refractivity contribution in [1.29, 1.82) is 0 Å². The molecule has 1 amide bonds. The lowest BCUT2D eigenvalue weighted by Gasteiger charge is -2.11. The van der Waals surface area contributed by atoms with E-state index in [1.54, 1.807) is 37.3 Å². The lowest BCUT2D eigenvalue weighted by molar-refractivity contribution is -0.112. The number of amides is 1. The number of nitrogens with zero attached hydrogens (tertiary/aromatic N) is 1. The third kappa shape index (κ3) is 4.09. The number of hydrogen-bond acceptors (Lipinski definition) is 4. The number of nitrogens with two attached hydrogens (primary N) is 1. The van der Waals surface area contributed by atoms with Crippen LogP contribution >= 0.6 is 0 Å². The minimum atomic E-state index is -0.285. The maximum atomic E-state index is 12.8. The van der Waals surface area contributed by atoms with Gasteiger partial charge in [0.2, 0.25) is 0 Å². The molecule has 0 aliphatic carbocycles. The van der Waals surface area contributed by atoms with Crippen molar-refractivity contribution >= 4 is 39.7 Å². The summed E-state index contributed by atoms with van der Waals surface area (Å²) in [5, 5.41) is 2.83. The first kappa shape index (κ1) is 20.1. The zero-order chi connectivity index (χ0) is 22.0. The van der Waals surface area contributed by atoms with E-state index in [0.717, 1.165) is 16.6 Å². The number of fused-ring (bicyclic) bond motifs is 1. The van der Waals surface area contributed by atoms with Gasteiger partial charge < -0.3 is 16.0 Å². The van der Waals surface area contributed by atoms with Crippen LogP contribution in [-0.2, 0) is 4.79 Å². The molecule has 3 aromatic carbocycles. The summed E-state index contributed by atoms with van der Waals surface area (Å²) in [5.74, 6) is 0.236. The summed E-state index contributed by atoms with van der Waals surface area (Å²) in [6, 6.07) is 21.6. The van der Waals surface area contributed by atoms with Crippen LogP contribution in [0.1, 0.15) is 35.6 Å². The Hall–Kier alpha value is -4.19. The second kappa shape index (κ2) is 8.28. The van der Waals surface area contributed by atoms with Crippen molar-refractivity contribution in [1.82, 2.24) is 9.97 Å². The SMILES string of the molecule is CC(C(=O)Nc1ccc(C(=O)c2ccccc2)cc1N)=C(C)c1nc2ccccc2[nH]1. The minimum absolute atomic E-state index is 0.123. The van der Waals surface area contributed by atoms with E-state index in [0.29, 0.717) is 33.9 Å². The van der Waals surface area contributed by atoms with Crippen molar-refractivity contribution < 1.29 is 9.59 Å². The molecule has 4 rings (SSSR count). The summed E-state index contributed by atoms with van der Waals surface area (Å²) in [6.07, 6.45) is 0. The number of ketones is 1. The zero-order valence-corrected chi connectivity index (χ0v) is 17.3. The van der Waals surface area contributed by atoms with Gasteiger partial charge in [0.1, 0.15) is 5.82 Å². The van der Waals surface area contributed by atoms with Gasteiger partial charge in [0.15, 0.2) is 5.78 Å². The van der Waals surface area contributed by atoms with E-state index >= 15 is 0 Å². The number of anilines is 2. The number of nitrogen functional groups attached to an aromatic ring is 1. The zero-order valence-electron chi connectivity index (χ0n) is 17.3. The number of benzene rings is 3. The minimum Gasteiger partial charge on any atom is -0.397 e. The molecule has 0 saturated heterocycles. The quantitative estimate of drug-likeness (QED) is 0.250. The molecule has 0 radical (unpaired) electrons. The molecule has 1 heterocycles. The molecule has 0 bridgehead atoms. The van der Waals surface area contributed by atoms with Gasteiger partial charge >= 0.3 is 0 Å². The van der Waals surface area contributed by atoms with Gasteiger partial charge in [-0.3, -0.25) is 9.59 Å². The van der Waals surface area contributed by atoms with Gasteiger partial charge in [-0.1, -0.05) is 42.5 Å². The largest absolute Gasteiger partial charge is 0.397 e. The number of imidazole rings is 1. The number of rotatable bonds is 5. The highest BCUT2D eigenvalue weighted by Gasteiger charge is 2.15. The Morgan fingerprint density at radius 1 is 0.903 bits per heavy atom. The van der Waals surface area contributed by atoms with Gasteiger partial charge in [-0.25, -0.2) is 4.98 Å². The van der Waals surface area contributed by atoms with Crippen molar-refractivity contribution in [3.8, 4) is 0 Å². The summed E-state index contributed by atoms with van der Waals surface area (Å²) >= 11 is 0. The predicted octanol–water partition coefficient (Wildman–Crippen LogP) is 4.81. The summed E-state index contributed by atoms with van der Waals surface area (Å²) in [7, 11) is 0. The highest BCUT2D eigenvalue weighted by molar-refractivity contribution is 6.12. The molecule has 6 heteroatoms. The fourth-order valence-corrected chi connectivity index (χ4v) is 3.27. The van der Waals surface area contributed by atoms with Crippen LogP contribution in [0, 0.1) is 0 Å². The molecule has 1 aromatic heterocycles. The second-order valence-electron chi connectivity index (χ2n) is 7.30. The number of carbonyl (C=O) groups excluding carboxylic acids is 2. The highest BCUT2D eigenvalue weighted by atomic mass is 16.1. The Kier molecular flexibility index (Phi) is 5.37. The Labute approximate surface area is 179 Å². The van der Waals surface area contributed by atoms with Crippen LogP contribution in [0.25, 0.3) is 16.6 Å². The van der Waals surface area contributed by atoms with Crippen LogP contribution in [0.5, 0.6) is 0 Å². The third-order valence-electron chi connectivity index (χ3n) is 5.25. The number of H-pyrrole nitrogens is 1. The van der Waals surface area contributed by atoms with Crippen LogP contribution < -0.4 is 11.1 Å². The van der Waals surface area contributed by atoms with E-state index in [4.69, 9.17) is 5.73 Å². The maximum Gasteiger partial charge on any atom is 0.251 e. The molecule has 0 aliphatic rings. The molecular formula is C25H22N4O2. The van der Waals surface area contributed by atoms with E-state index in [9.17, 15) is 9.59 Å². The number of hydrogen-bond donors (Lipinski definition) is 3. The summed E-state index contributed by atoms with van der Waals surface area (Å²) in [5.41, 5.74) is 11.0. The molecule has 31 heavy (non-hydrogen) atoms. The van der Waals surface area contributed by atoms with Crippen molar-refractivity contribution in [2.75, 3.05) is 11.1 Å². The average molecular weight is 410 g/mol. The summed E-state index contributed by atoms with van der Waals surface area (Å²) < 4.78 is 0. The molecule has 4 aromatic rings. The summed E-state index contributed by atoms with van der Waals surface area (Å²) in [4.78, 5) is 33.2. The molecule has 0 aliphatic heterocycles. The van der Waals surface area contributed by atoms with Gasteiger partial charge in [0.25, 0.3) is 5.91 Å². The van der Waals surface area contributed by atoms with Gasteiger partial charge in [0, 0.05) is 22.3 Å². The monoisotopic (exact) mass is 410 g/mol. The van der Waals surface area contributed by atoms with E-state index in [2.05, 4.69) is 15.3 Å². The van der Waals surface area contributed by atoms with Crippen LogP contribution in [0.2, 0.25) is 0 Å².